The molecule has 2 heteroatoms. The minimum Gasteiger partial charge on any atom is -0.391 e. The Morgan fingerprint density at radius 2 is 1.80 bits per heavy atom. The molecule has 86 valence electrons. The van der Waals surface area contributed by atoms with Crippen LogP contribution in [-0.4, -0.2) is 11.2 Å². The third-order valence-corrected chi connectivity index (χ3v) is 3.73. The van der Waals surface area contributed by atoms with Crippen molar-refractivity contribution in [2.24, 2.45) is 16.7 Å². The van der Waals surface area contributed by atoms with Gasteiger partial charge in [0.2, 0.25) is 0 Å². The minimum atomic E-state index is -0.512. The monoisotopic (exact) mass is 209 g/mol. The van der Waals surface area contributed by atoms with Crippen LogP contribution in [0.2, 0.25) is 0 Å². The number of hydrogen-bond donors (Lipinski definition) is 1. The summed E-state index contributed by atoms with van der Waals surface area (Å²) in [6.07, 6.45) is 3.33. The Labute approximate surface area is 93.3 Å². The first-order valence-corrected chi connectivity index (χ1v) is 5.91. The number of rotatable bonds is 1. The lowest BCUT2D eigenvalue weighted by molar-refractivity contribution is -0.0438. The first-order valence-electron chi connectivity index (χ1n) is 5.91. The number of nitrogens with zero attached hydrogens (tertiary/aromatic N) is 1. The zero-order valence-electron chi connectivity index (χ0n) is 10.4. The van der Waals surface area contributed by atoms with Crippen molar-refractivity contribution in [1.82, 2.24) is 0 Å². The molecular formula is C13H23NO. The van der Waals surface area contributed by atoms with E-state index in [2.05, 4.69) is 13.0 Å². The van der Waals surface area contributed by atoms with E-state index in [-0.39, 0.29) is 5.41 Å². The van der Waals surface area contributed by atoms with Crippen LogP contribution in [0.1, 0.15) is 53.4 Å². The van der Waals surface area contributed by atoms with Crippen molar-refractivity contribution in [3.05, 3.63) is 0 Å². The van der Waals surface area contributed by atoms with Gasteiger partial charge < -0.3 is 5.11 Å². The lowest BCUT2D eigenvalue weighted by atomic mass is 9.63. The molecule has 0 bridgehead atoms. The molecule has 1 aliphatic rings. The highest BCUT2D eigenvalue weighted by atomic mass is 16.3. The number of nitriles is 1. The van der Waals surface area contributed by atoms with Gasteiger partial charge in [-0.15, -0.1) is 0 Å². The molecule has 0 heterocycles. The molecule has 1 saturated carbocycles. The van der Waals surface area contributed by atoms with Gasteiger partial charge in [-0.3, -0.25) is 0 Å². The molecule has 0 saturated heterocycles. The summed E-state index contributed by atoms with van der Waals surface area (Å²) in [4.78, 5) is 0. The summed E-state index contributed by atoms with van der Waals surface area (Å²) >= 11 is 0. The van der Waals surface area contributed by atoms with Gasteiger partial charge in [0.1, 0.15) is 0 Å². The van der Waals surface area contributed by atoms with Crippen molar-refractivity contribution in [3.8, 4) is 6.07 Å². The molecule has 1 fully saturated rings. The number of aliphatic hydroxyl groups is 1. The average molecular weight is 209 g/mol. The average Bonchev–Trinajstić information content (AvgIpc) is 2.17. The van der Waals surface area contributed by atoms with Crippen LogP contribution in [-0.2, 0) is 0 Å². The van der Waals surface area contributed by atoms with Crippen LogP contribution in [0.25, 0.3) is 0 Å². The molecule has 2 nitrogen and oxygen atoms in total. The quantitative estimate of drug-likeness (QED) is 0.721. The molecule has 0 aliphatic heterocycles. The van der Waals surface area contributed by atoms with Crippen molar-refractivity contribution in [3.63, 3.8) is 0 Å². The Hall–Kier alpha value is -0.550. The van der Waals surface area contributed by atoms with Gasteiger partial charge in [0.25, 0.3) is 0 Å². The highest BCUT2D eigenvalue weighted by Crippen LogP contribution is 2.45. The Bertz CT molecular complexity index is 251. The molecule has 1 unspecified atom stereocenters. The van der Waals surface area contributed by atoms with E-state index in [9.17, 15) is 10.4 Å². The molecule has 1 atom stereocenters. The molecule has 0 amide bonds. The number of hydrogen-bond acceptors (Lipinski definition) is 2. The third kappa shape index (κ3) is 2.52. The molecular weight excluding hydrogens is 186 g/mol. The number of aliphatic hydroxyl groups excluding tert-OH is 1. The van der Waals surface area contributed by atoms with Crippen LogP contribution >= 0.6 is 0 Å². The van der Waals surface area contributed by atoms with Gasteiger partial charge in [-0.2, -0.15) is 5.26 Å². The maximum absolute atomic E-state index is 10.3. The van der Waals surface area contributed by atoms with Gasteiger partial charge in [0.15, 0.2) is 0 Å². The van der Waals surface area contributed by atoms with Crippen LogP contribution in [0.4, 0.5) is 0 Å². The van der Waals surface area contributed by atoms with Gasteiger partial charge in [-0.25, -0.2) is 0 Å². The fraction of sp³-hybridized carbons (Fsp3) is 0.923. The SMILES string of the molecule is CC1CCC(C#N)(C(O)C(C)(C)C)CC1. The second-order valence-electron chi connectivity index (χ2n) is 6.22. The normalized spacial score (nSPS) is 34.5. The second kappa shape index (κ2) is 4.14. The van der Waals surface area contributed by atoms with Gasteiger partial charge in [0.05, 0.1) is 17.6 Å². The summed E-state index contributed by atoms with van der Waals surface area (Å²) in [5.74, 6) is 0.707. The first kappa shape index (κ1) is 12.5. The molecule has 0 radical (unpaired) electrons. The topological polar surface area (TPSA) is 44.0 Å². The smallest absolute Gasteiger partial charge is 0.0837 e. The van der Waals surface area contributed by atoms with Crippen LogP contribution in [0.5, 0.6) is 0 Å². The Balaban J connectivity index is 2.83. The summed E-state index contributed by atoms with van der Waals surface area (Å²) in [7, 11) is 0. The Morgan fingerprint density at radius 3 is 2.13 bits per heavy atom. The standard InChI is InChI=1S/C13H23NO/c1-10-5-7-13(9-14,8-6-10)11(15)12(2,3)4/h10-11,15H,5-8H2,1-4H3. The summed E-state index contributed by atoms with van der Waals surface area (Å²) in [6.45, 7) is 8.25. The van der Waals surface area contributed by atoms with Crippen LogP contribution in [0.3, 0.4) is 0 Å². The van der Waals surface area contributed by atoms with E-state index >= 15 is 0 Å². The van der Waals surface area contributed by atoms with Crippen LogP contribution in [0, 0.1) is 28.1 Å². The highest BCUT2D eigenvalue weighted by molar-refractivity contribution is 5.08. The fourth-order valence-electron chi connectivity index (χ4n) is 2.55. The zero-order valence-corrected chi connectivity index (χ0v) is 10.4. The molecule has 0 aromatic rings. The van der Waals surface area contributed by atoms with E-state index in [1.165, 1.54) is 0 Å². The van der Waals surface area contributed by atoms with E-state index in [4.69, 9.17) is 0 Å². The van der Waals surface area contributed by atoms with Gasteiger partial charge in [0, 0.05) is 0 Å². The molecule has 0 spiro atoms. The van der Waals surface area contributed by atoms with Crippen molar-refractivity contribution in [2.45, 2.75) is 59.5 Å². The molecule has 0 aromatic heterocycles. The lowest BCUT2D eigenvalue weighted by Crippen LogP contribution is -2.44. The summed E-state index contributed by atoms with van der Waals surface area (Å²) in [5.41, 5.74) is -0.693. The summed E-state index contributed by atoms with van der Waals surface area (Å²) < 4.78 is 0. The Kier molecular flexibility index (Phi) is 3.45. The van der Waals surface area contributed by atoms with Crippen molar-refractivity contribution < 1.29 is 5.11 Å². The zero-order chi connectivity index (χ0) is 11.7. The Morgan fingerprint density at radius 1 is 1.33 bits per heavy atom. The van der Waals surface area contributed by atoms with Crippen molar-refractivity contribution >= 4 is 0 Å². The van der Waals surface area contributed by atoms with E-state index in [0.29, 0.717) is 5.92 Å². The third-order valence-electron chi connectivity index (χ3n) is 3.73. The maximum atomic E-state index is 10.3. The van der Waals surface area contributed by atoms with E-state index in [0.717, 1.165) is 25.7 Å². The van der Waals surface area contributed by atoms with E-state index < -0.39 is 11.5 Å². The summed E-state index contributed by atoms with van der Waals surface area (Å²) in [6, 6.07) is 2.39. The second-order valence-corrected chi connectivity index (χ2v) is 6.22. The molecule has 15 heavy (non-hydrogen) atoms. The van der Waals surface area contributed by atoms with Gasteiger partial charge in [-0.05, 0) is 37.0 Å². The summed E-state index contributed by atoms with van der Waals surface area (Å²) in [5, 5.41) is 19.7. The highest BCUT2D eigenvalue weighted by Gasteiger charge is 2.45. The van der Waals surface area contributed by atoms with E-state index in [1.54, 1.807) is 0 Å². The van der Waals surface area contributed by atoms with E-state index in [1.807, 2.05) is 20.8 Å². The van der Waals surface area contributed by atoms with Crippen LogP contribution in [0.15, 0.2) is 0 Å². The van der Waals surface area contributed by atoms with Crippen molar-refractivity contribution in [1.29, 1.82) is 5.26 Å². The predicted molar refractivity (Wildman–Crippen MR) is 61.1 cm³/mol. The maximum Gasteiger partial charge on any atom is 0.0837 e. The predicted octanol–water partition coefficient (Wildman–Crippen LogP) is 3.11. The molecule has 1 aliphatic carbocycles. The lowest BCUT2D eigenvalue weighted by Gasteiger charge is -2.42. The van der Waals surface area contributed by atoms with Gasteiger partial charge in [-0.1, -0.05) is 27.7 Å². The first-order chi connectivity index (χ1) is 6.82. The molecule has 0 aromatic carbocycles. The van der Waals surface area contributed by atoms with Crippen molar-refractivity contribution in [2.75, 3.05) is 0 Å². The molecule has 1 N–H and O–H groups in total. The minimum absolute atomic E-state index is 0.198. The largest absolute Gasteiger partial charge is 0.391 e. The fourth-order valence-corrected chi connectivity index (χ4v) is 2.55. The van der Waals surface area contributed by atoms with Crippen LogP contribution < -0.4 is 0 Å². The molecule has 1 rings (SSSR count). The van der Waals surface area contributed by atoms with Gasteiger partial charge >= 0.3 is 0 Å².